The normalized spacial score (nSPS) is 12.4. The first-order valence-corrected chi connectivity index (χ1v) is 9.18. The number of imidazole rings is 2. The van der Waals surface area contributed by atoms with Crippen molar-refractivity contribution in [2.75, 3.05) is 5.32 Å². The third-order valence-corrected chi connectivity index (χ3v) is 4.72. The smallest absolute Gasteiger partial charge is 0.301 e. The first-order valence-electron chi connectivity index (χ1n) is 9.18. The lowest BCUT2D eigenvalue weighted by Crippen LogP contribution is -2.30. The number of fused-ring (bicyclic) bond motifs is 2. The molecule has 0 fully saturated rings. The van der Waals surface area contributed by atoms with Crippen molar-refractivity contribution in [2.45, 2.75) is 19.4 Å². The Morgan fingerprint density at radius 1 is 1.14 bits per heavy atom. The van der Waals surface area contributed by atoms with Gasteiger partial charge in [0, 0.05) is 12.4 Å². The molecule has 0 bridgehead atoms. The van der Waals surface area contributed by atoms with Crippen LogP contribution in [0, 0.1) is 0 Å². The molecule has 10 heteroatoms. The van der Waals surface area contributed by atoms with Crippen molar-refractivity contribution in [3.63, 3.8) is 0 Å². The molecule has 5 aromatic rings. The van der Waals surface area contributed by atoms with Gasteiger partial charge in [-0.3, -0.25) is 9.36 Å². The number of H-pyrrole nitrogens is 1. The maximum Gasteiger partial charge on any atom is 0.301 e. The minimum atomic E-state index is -0.295. The van der Waals surface area contributed by atoms with Crippen LogP contribution in [0.5, 0.6) is 0 Å². The maximum absolute atomic E-state index is 13.2. The molecule has 1 atom stereocenters. The summed E-state index contributed by atoms with van der Waals surface area (Å²) >= 11 is 0. The van der Waals surface area contributed by atoms with Crippen LogP contribution in [0.4, 0.5) is 5.82 Å². The van der Waals surface area contributed by atoms with Crippen molar-refractivity contribution < 1.29 is 0 Å². The molecule has 1 aromatic carbocycles. The van der Waals surface area contributed by atoms with Crippen LogP contribution < -0.4 is 10.9 Å². The van der Waals surface area contributed by atoms with E-state index in [0.29, 0.717) is 29.2 Å². The lowest BCUT2D eigenvalue weighted by atomic mass is 10.2. The van der Waals surface area contributed by atoms with E-state index in [1.165, 1.54) is 10.8 Å². The zero-order valence-electron chi connectivity index (χ0n) is 15.5. The Labute approximate surface area is 164 Å². The summed E-state index contributed by atoms with van der Waals surface area (Å²) in [5.74, 6) is 1.15. The standard InChI is InChI=1S/C19H17N9O/c1-2-13(25-16-14-15(22-10-21-14)23-11-24-16)17-26-27-9-8-20-18(27)19(29)28(17)12-6-4-3-5-7-12/h3-11,13H,2H2,1H3,(H2,21,22,23,24,25)/t13-/m0/s1. The van der Waals surface area contributed by atoms with E-state index in [0.717, 1.165) is 5.69 Å². The highest BCUT2D eigenvalue weighted by molar-refractivity contribution is 5.82. The van der Waals surface area contributed by atoms with E-state index in [4.69, 9.17) is 5.10 Å². The van der Waals surface area contributed by atoms with Gasteiger partial charge in [-0.2, -0.15) is 5.10 Å². The number of rotatable bonds is 5. The minimum absolute atomic E-state index is 0.235. The Balaban J connectivity index is 1.70. The fourth-order valence-corrected chi connectivity index (χ4v) is 3.33. The predicted octanol–water partition coefficient (Wildman–Crippen LogP) is 2.11. The van der Waals surface area contributed by atoms with Crippen LogP contribution in [-0.2, 0) is 0 Å². The zero-order chi connectivity index (χ0) is 19.8. The molecule has 4 heterocycles. The second-order valence-corrected chi connectivity index (χ2v) is 6.46. The van der Waals surface area contributed by atoms with E-state index < -0.39 is 0 Å². The summed E-state index contributed by atoms with van der Waals surface area (Å²) in [6, 6.07) is 9.12. The second-order valence-electron chi connectivity index (χ2n) is 6.46. The Bertz CT molecular complexity index is 1350. The topological polar surface area (TPSA) is 119 Å². The van der Waals surface area contributed by atoms with Crippen molar-refractivity contribution >= 4 is 22.6 Å². The molecule has 0 unspecified atom stereocenters. The van der Waals surface area contributed by atoms with E-state index >= 15 is 0 Å². The average Bonchev–Trinajstić information content (AvgIpc) is 3.42. The van der Waals surface area contributed by atoms with Crippen LogP contribution in [0.1, 0.15) is 25.2 Å². The monoisotopic (exact) mass is 387 g/mol. The van der Waals surface area contributed by atoms with E-state index in [1.807, 2.05) is 37.3 Å². The molecule has 0 spiro atoms. The van der Waals surface area contributed by atoms with Crippen molar-refractivity contribution in [2.24, 2.45) is 0 Å². The van der Waals surface area contributed by atoms with Crippen molar-refractivity contribution in [3.05, 3.63) is 71.6 Å². The molecular weight excluding hydrogens is 370 g/mol. The molecule has 0 radical (unpaired) electrons. The lowest BCUT2D eigenvalue weighted by Gasteiger charge is -2.21. The van der Waals surface area contributed by atoms with Gasteiger partial charge in [0.15, 0.2) is 17.3 Å². The molecule has 29 heavy (non-hydrogen) atoms. The van der Waals surface area contributed by atoms with Gasteiger partial charge in [0.1, 0.15) is 11.8 Å². The molecule has 144 valence electrons. The van der Waals surface area contributed by atoms with Gasteiger partial charge in [0.2, 0.25) is 5.65 Å². The summed E-state index contributed by atoms with van der Waals surface area (Å²) in [7, 11) is 0. The van der Waals surface area contributed by atoms with Gasteiger partial charge in [-0.25, -0.2) is 24.5 Å². The minimum Gasteiger partial charge on any atom is -0.358 e. The van der Waals surface area contributed by atoms with E-state index in [2.05, 4.69) is 30.2 Å². The van der Waals surface area contributed by atoms with Crippen LogP contribution >= 0.6 is 0 Å². The summed E-state index contributed by atoms with van der Waals surface area (Å²) in [6.45, 7) is 2.02. The molecule has 0 aliphatic heterocycles. The number of hydrogen-bond donors (Lipinski definition) is 2. The van der Waals surface area contributed by atoms with Gasteiger partial charge in [0.05, 0.1) is 18.1 Å². The van der Waals surface area contributed by atoms with Crippen molar-refractivity contribution in [1.82, 2.24) is 39.1 Å². The number of anilines is 1. The fraction of sp³-hybridized carbons (Fsp3) is 0.158. The highest BCUT2D eigenvalue weighted by Crippen LogP contribution is 2.24. The molecule has 4 aromatic heterocycles. The third-order valence-electron chi connectivity index (χ3n) is 4.72. The second kappa shape index (κ2) is 6.82. The molecule has 5 rings (SSSR count). The molecular formula is C19H17N9O. The number of aromatic amines is 1. The number of nitrogens with one attached hydrogen (secondary N) is 2. The van der Waals surface area contributed by atoms with Gasteiger partial charge in [0.25, 0.3) is 0 Å². The van der Waals surface area contributed by atoms with Gasteiger partial charge in [-0.15, -0.1) is 0 Å². The molecule has 0 amide bonds. The highest BCUT2D eigenvalue weighted by atomic mass is 16.1. The van der Waals surface area contributed by atoms with E-state index in [9.17, 15) is 4.79 Å². The molecule has 10 nitrogen and oxygen atoms in total. The largest absolute Gasteiger partial charge is 0.358 e. The summed E-state index contributed by atoms with van der Waals surface area (Å²) in [4.78, 5) is 33.1. The Morgan fingerprint density at radius 3 is 2.83 bits per heavy atom. The Kier molecular flexibility index (Phi) is 4.01. The summed E-state index contributed by atoms with van der Waals surface area (Å²) in [5, 5.41) is 8.08. The number of para-hydroxylation sites is 1. The van der Waals surface area contributed by atoms with Crippen LogP contribution in [-0.4, -0.2) is 39.1 Å². The zero-order valence-corrected chi connectivity index (χ0v) is 15.5. The quantitative estimate of drug-likeness (QED) is 0.474. The number of benzene rings is 1. The van der Waals surface area contributed by atoms with E-state index in [-0.39, 0.29) is 17.2 Å². The molecule has 0 aliphatic carbocycles. The predicted molar refractivity (Wildman–Crippen MR) is 107 cm³/mol. The molecule has 2 N–H and O–H groups in total. The highest BCUT2D eigenvalue weighted by Gasteiger charge is 2.22. The van der Waals surface area contributed by atoms with Crippen LogP contribution in [0.2, 0.25) is 0 Å². The average molecular weight is 387 g/mol. The van der Waals surface area contributed by atoms with Crippen molar-refractivity contribution in [3.8, 4) is 5.69 Å². The van der Waals surface area contributed by atoms with Gasteiger partial charge in [-0.1, -0.05) is 25.1 Å². The van der Waals surface area contributed by atoms with Crippen LogP contribution in [0.25, 0.3) is 22.5 Å². The molecule has 0 aliphatic rings. The summed E-state index contributed by atoms with van der Waals surface area (Å²) in [6.07, 6.45) is 6.92. The Morgan fingerprint density at radius 2 is 2.00 bits per heavy atom. The molecule has 0 saturated heterocycles. The maximum atomic E-state index is 13.2. The van der Waals surface area contributed by atoms with Gasteiger partial charge >= 0.3 is 5.56 Å². The molecule has 0 saturated carbocycles. The SMILES string of the molecule is CC[C@H](Nc1ncnc2nc[nH]c12)c1nn2ccnc2c(=O)n1-c1ccccc1. The fourth-order valence-electron chi connectivity index (χ4n) is 3.33. The Hall–Kier alpha value is -4.08. The van der Waals surface area contributed by atoms with Gasteiger partial charge in [-0.05, 0) is 18.6 Å². The van der Waals surface area contributed by atoms with Gasteiger partial charge < -0.3 is 10.3 Å². The number of hydrogen-bond acceptors (Lipinski definition) is 7. The van der Waals surface area contributed by atoms with Crippen LogP contribution in [0.3, 0.4) is 0 Å². The summed E-state index contributed by atoms with van der Waals surface area (Å²) < 4.78 is 3.10. The number of nitrogens with zero attached hydrogens (tertiary/aromatic N) is 7. The third kappa shape index (κ3) is 2.81. The lowest BCUT2D eigenvalue weighted by molar-refractivity contribution is 0.621. The van der Waals surface area contributed by atoms with E-state index in [1.54, 1.807) is 23.3 Å². The summed E-state index contributed by atoms with van der Waals surface area (Å²) in [5.41, 5.74) is 2.02. The first-order chi connectivity index (χ1) is 14.3. The van der Waals surface area contributed by atoms with Crippen molar-refractivity contribution in [1.29, 1.82) is 0 Å². The van der Waals surface area contributed by atoms with Crippen LogP contribution in [0.15, 0.2) is 60.2 Å². The number of aromatic nitrogens is 8. The first kappa shape index (κ1) is 17.0.